The number of rotatable bonds is 0. The highest BCUT2D eigenvalue weighted by Crippen LogP contribution is 2.28. The molecule has 1 atom stereocenters. The molecule has 1 heterocycles. The third-order valence-electron chi connectivity index (χ3n) is 2.63. The summed E-state index contributed by atoms with van der Waals surface area (Å²) in [5.41, 5.74) is 6.62. The molecule has 12 heavy (non-hydrogen) atoms. The molecule has 1 aliphatic heterocycles. The highest BCUT2D eigenvalue weighted by molar-refractivity contribution is 4.91. The first-order chi connectivity index (χ1) is 5.31. The number of nitrogens with one attached hydrogen (secondary N) is 1. The van der Waals surface area contributed by atoms with E-state index in [0.29, 0.717) is 11.5 Å². The second-order valence-electron chi connectivity index (χ2n) is 5.57. The zero-order chi connectivity index (χ0) is 9.41. The lowest BCUT2D eigenvalue weighted by atomic mass is 9.85. The van der Waals surface area contributed by atoms with Gasteiger partial charge in [0.05, 0.1) is 0 Å². The van der Waals surface area contributed by atoms with Crippen LogP contribution >= 0.6 is 0 Å². The quantitative estimate of drug-likeness (QED) is 0.578. The van der Waals surface area contributed by atoms with E-state index < -0.39 is 0 Å². The molecule has 1 rings (SSSR count). The Bertz CT molecular complexity index is 143. The van der Waals surface area contributed by atoms with Gasteiger partial charge < -0.3 is 11.1 Å². The van der Waals surface area contributed by atoms with E-state index in [0.717, 1.165) is 19.4 Å². The standard InChI is InChI=1S/C10H22N2/c1-9(2)5-8(11)6-10(3,4)12-7-9/h8,12H,5-7,11H2,1-4H3. The molecule has 0 amide bonds. The third-order valence-corrected chi connectivity index (χ3v) is 2.63. The molecule has 0 bridgehead atoms. The third kappa shape index (κ3) is 2.76. The maximum absolute atomic E-state index is 6.05. The van der Waals surface area contributed by atoms with Crippen LogP contribution in [0.3, 0.4) is 0 Å². The average Bonchev–Trinajstić information content (AvgIpc) is 1.87. The molecule has 0 aromatic rings. The first-order valence-corrected chi connectivity index (χ1v) is 4.81. The van der Waals surface area contributed by atoms with Crippen molar-refractivity contribution in [3.63, 3.8) is 0 Å². The molecule has 0 radical (unpaired) electrons. The largest absolute Gasteiger partial charge is 0.328 e. The van der Waals surface area contributed by atoms with Crippen molar-refractivity contribution in [3.8, 4) is 0 Å². The van der Waals surface area contributed by atoms with Crippen molar-refractivity contribution in [1.29, 1.82) is 0 Å². The fourth-order valence-electron chi connectivity index (χ4n) is 2.06. The van der Waals surface area contributed by atoms with Crippen LogP contribution < -0.4 is 11.1 Å². The molecule has 0 saturated carbocycles. The van der Waals surface area contributed by atoms with E-state index in [1.54, 1.807) is 0 Å². The Morgan fingerprint density at radius 2 is 1.75 bits per heavy atom. The maximum Gasteiger partial charge on any atom is 0.0140 e. The monoisotopic (exact) mass is 170 g/mol. The van der Waals surface area contributed by atoms with E-state index in [4.69, 9.17) is 5.73 Å². The van der Waals surface area contributed by atoms with Gasteiger partial charge in [0, 0.05) is 18.1 Å². The molecule has 1 fully saturated rings. The van der Waals surface area contributed by atoms with Crippen molar-refractivity contribution in [3.05, 3.63) is 0 Å². The molecule has 1 saturated heterocycles. The van der Waals surface area contributed by atoms with Crippen molar-refractivity contribution < 1.29 is 0 Å². The minimum absolute atomic E-state index is 0.215. The van der Waals surface area contributed by atoms with Gasteiger partial charge in [-0.2, -0.15) is 0 Å². The van der Waals surface area contributed by atoms with E-state index >= 15 is 0 Å². The van der Waals surface area contributed by atoms with E-state index in [9.17, 15) is 0 Å². The Labute approximate surface area is 75.9 Å². The summed E-state index contributed by atoms with van der Waals surface area (Å²) in [5, 5.41) is 3.56. The highest BCUT2D eigenvalue weighted by atomic mass is 15.0. The number of hydrogen-bond acceptors (Lipinski definition) is 2. The number of hydrogen-bond donors (Lipinski definition) is 2. The summed E-state index contributed by atoms with van der Waals surface area (Å²) in [4.78, 5) is 0. The lowest BCUT2D eigenvalue weighted by Crippen LogP contribution is -2.42. The summed E-state index contributed by atoms with van der Waals surface area (Å²) in [5.74, 6) is 0. The van der Waals surface area contributed by atoms with Crippen LogP contribution in [0.4, 0.5) is 0 Å². The van der Waals surface area contributed by atoms with Crippen LogP contribution in [0.15, 0.2) is 0 Å². The summed E-state index contributed by atoms with van der Waals surface area (Å²) in [7, 11) is 0. The van der Waals surface area contributed by atoms with Crippen LogP contribution in [0.1, 0.15) is 40.5 Å². The Morgan fingerprint density at radius 3 is 2.33 bits per heavy atom. The molecule has 1 aliphatic rings. The van der Waals surface area contributed by atoms with Gasteiger partial charge in [-0.25, -0.2) is 0 Å². The van der Waals surface area contributed by atoms with Crippen molar-refractivity contribution in [2.75, 3.05) is 6.54 Å². The van der Waals surface area contributed by atoms with Gasteiger partial charge in [-0.05, 0) is 32.1 Å². The van der Waals surface area contributed by atoms with Crippen LogP contribution in [-0.4, -0.2) is 18.1 Å². The highest BCUT2D eigenvalue weighted by Gasteiger charge is 2.31. The lowest BCUT2D eigenvalue weighted by molar-refractivity contribution is 0.307. The van der Waals surface area contributed by atoms with Crippen LogP contribution in [-0.2, 0) is 0 Å². The van der Waals surface area contributed by atoms with E-state index in [1.165, 1.54) is 0 Å². The molecule has 0 aliphatic carbocycles. The molecule has 1 unspecified atom stereocenters. The van der Waals surface area contributed by atoms with E-state index in [2.05, 4.69) is 33.0 Å². The molecular weight excluding hydrogens is 148 g/mol. The van der Waals surface area contributed by atoms with Crippen molar-refractivity contribution in [2.24, 2.45) is 11.1 Å². The second kappa shape index (κ2) is 3.00. The van der Waals surface area contributed by atoms with Gasteiger partial charge in [0.1, 0.15) is 0 Å². The normalized spacial score (nSPS) is 34.2. The van der Waals surface area contributed by atoms with Gasteiger partial charge in [-0.1, -0.05) is 13.8 Å². The van der Waals surface area contributed by atoms with E-state index in [1.807, 2.05) is 0 Å². The molecule has 3 N–H and O–H groups in total. The first-order valence-electron chi connectivity index (χ1n) is 4.81. The Morgan fingerprint density at radius 1 is 1.17 bits per heavy atom. The fraction of sp³-hybridized carbons (Fsp3) is 1.00. The van der Waals surface area contributed by atoms with Crippen LogP contribution in [0.2, 0.25) is 0 Å². The van der Waals surface area contributed by atoms with Crippen molar-refractivity contribution in [2.45, 2.75) is 52.1 Å². The summed E-state index contributed by atoms with van der Waals surface area (Å²) in [6.45, 7) is 10.1. The minimum atomic E-state index is 0.215. The summed E-state index contributed by atoms with van der Waals surface area (Å²) >= 11 is 0. The lowest BCUT2D eigenvalue weighted by Gasteiger charge is -2.26. The molecule has 2 nitrogen and oxygen atoms in total. The Hall–Kier alpha value is -0.0800. The Kier molecular flexibility index (Phi) is 2.50. The second-order valence-corrected chi connectivity index (χ2v) is 5.57. The Balaban J connectivity index is 2.66. The zero-order valence-corrected chi connectivity index (χ0v) is 8.78. The molecular formula is C10H22N2. The SMILES string of the molecule is CC1(C)CNC(C)(C)CC(N)C1. The topological polar surface area (TPSA) is 38.0 Å². The van der Waals surface area contributed by atoms with Gasteiger partial charge in [0.2, 0.25) is 0 Å². The van der Waals surface area contributed by atoms with Gasteiger partial charge in [-0.15, -0.1) is 0 Å². The predicted octanol–water partition coefficient (Wildman–Crippen LogP) is 1.50. The van der Waals surface area contributed by atoms with E-state index in [-0.39, 0.29) is 5.54 Å². The minimum Gasteiger partial charge on any atom is -0.328 e. The first kappa shape index (κ1) is 10.0. The maximum atomic E-state index is 6.05. The molecule has 0 spiro atoms. The van der Waals surface area contributed by atoms with Gasteiger partial charge in [0.25, 0.3) is 0 Å². The predicted molar refractivity (Wildman–Crippen MR) is 53.1 cm³/mol. The van der Waals surface area contributed by atoms with Gasteiger partial charge in [-0.3, -0.25) is 0 Å². The van der Waals surface area contributed by atoms with Crippen LogP contribution in [0, 0.1) is 5.41 Å². The van der Waals surface area contributed by atoms with Crippen molar-refractivity contribution in [1.82, 2.24) is 5.32 Å². The summed E-state index contributed by atoms with van der Waals surface area (Å²) in [6, 6.07) is 0.352. The molecule has 72 valence electrons. The van der Waals surface area contributed by atoms with Crippen LogP contribution in [0.25, 0.3) is 0 Å². The number of nitrogens with two attached hydrogens (primary N) is 1. The summed E-state index contributed by atoms with van der Waals surface area (Å²) < 4.78 is 0. The molecule has 0 aromatic heterocycles. The van der Waals surface area contributed by atoms with Crippen LogP contribution in [0.5, 0.6) is 0 Å². The zero-order valence-electron chi connectivity index (χ0n) is 8.78. The summed E-state index contributed by atoms with van der Waals surface area (Å²) in [6.07, 6.45) is 2.21. The molecule has 2 heteroatoms. The van der Waals surface area contributed by atoms with Crippen molar-refractivity contribution >= 4 is 0 Å². The molecule has 0 aromatic carbocycles. The average molecular weight is 170 g/mol. The van der Waals surface area contributed by atoms with Gasteiger partial charge >= 0.3 is 0 Å². The smallest absolute Gasteiger partial charge is 0.0140 e. The van der Waals surface area contributed by atoms with Gasteiger partial charge in [0.15, 0.2) is 0 Å². The fourth-order valence-corrected chi connectivity index (χ4v) is 2.06.